The van der Waals surface area contributed by atoms with Crippen molar-refractivity contribution in [2.45, 2.75) is 26.9 Å². The van der Waals surface area contributed by atoms with E-state index < -0.39 is 0 Å². The zero-order valence-electron chi connectivity index (χ0n) is 12.5. The summed E-state index contributed by atoms with van der Waals surface area (Å²) in [7, 11) is 0. The van der Waals surface area contributed by atoms with E-state index in [0.717, 1.165) is 34.2 Å². The van der Waals surface area contributed by atoms with Crippen LogP contribution in [0.25, 0.3) is 0 Å². The number of aliphatic hydroxyl groups excluding tert-OH is 1. The molecule has 0 atom stereocenters. The van der Waals surface area contributed by atoms with Crippen molar-refractivity contribution in [1.29, 1.82) is 0 Å². The van der Waals surface area contributed by atoms with E-state index in [4.69, 9.17) is 5.11 Å². The van der Waals surface area contributed by atoms with Gasteiger partial charge in [-0.3, -0.25) is 4.79 Å². The third kappa shape index (κ3) is 4.17. The summed E-state index contributed by atoms with van der Waals surface area (Å²) in [6.45, 7) is 4.63. The van der Waals surface area contributed by atoms with E-state index in [1.54, 1.807) is 0 Å². The Morgan fingerprint density at radius 3 is 2.33 bits per heavy atom. The van der Waals surface area contributed by atoms with Crippen molar-refractivity contribution in [2.75, 3.05) is 6.54 Å². The van der Waals surface area contributed by atoms with Gasteiger partial charge in [-0.25, -0.2) is 0 Å². The van der Waals surface area contributed by atoms with Crippen LogP contribution < -0.4 is 5.32 Å². The van der Waals surface area contributed by atoms with E-state index in [-0.39, 0.29) is 12.5 Å². The molecule has 0 spiro atoms. The molecule has 0 aliphatic rings. The lowest BCUT2D eigenvalue weighted by Gasteiger charge is -2.08. The molecule has 0 fully saturated rings. The SMILES string of the molecule is Cc1ccc(C(=O)NCCc2ccc(CO)cc2)c(C)c1. The quantitative estimate of drug-likeness (QED) is 0.886. The Morgan fingerprint density at radius 1 is 1.05 bits per heavy atom. The zero-order chi connectivity index (χ0) is 15.2. The summed E-state index contributed by atoms with van der Waals surface area (Å²) in [5.41, 5.74) is 4.94. The second kappa shape index (κ2) is 7.04. The lowest BCUT2D eigenvalue weighted by molar-refractivity contribution is 0.0953. The second-order valence-electron chi connectivity index (χ2n) is 5.30. The molecule has 2 aromatic carbocycles. The van der Waals surface area contributed by atoms with Crippen LogP contribution >= 0.6 is 0 Å². The standard InChI is InChI=1S/C18H21NO2/c1-13-3-8-17(14(2)11-13)18(21)19-10-9-15-4-6-16(12-20)7-5-15/h3-8,11,20H,9-10,12H2,1-2H3,(H,19,21). The largest absolute Gasteiger partial charge is 0.392 e. The smallest absolute Gasteiger partial charge is 0.251 e. The Balaban J connectivity index is 1.88. The third-order valence-electron chi connectivity index (χ3n) is 3.53. The molecule has 0 aromatic heterocycles. The highest BCUT2D eigenvalue weighted by Crippen LogP contribution is 2.10. The molecule has 3 nitrogen and oxygen atoms in total. The number of hydrogen-bond acceptors (Lipinski definition) is 2. The summed E-state index contributed by atoms with van der Waals surface area (Å²) in [6.07, 6.45) is 0.780. The number of carbonyl (C=O) groups is 1. The molecule has 0 unspecified atom stereocenters. The van der Waals surface area contributed by atoms with Crippen LogP contribution in [-0.2, 0) is 13.0 Å². The highest BCUT2D eigenvalue weighted by Gasteiger charge is 2.08. The van der Waals surface area contributed by atoms with E-state index in [9.17, 15) is 4.79 Å². The molecule has 1 amide bonds. The third-order valence-corrected chi connectivity index (χ3v) is 3.53. The van der Waals surface area contributed by atoms with Gasteiger partial charge in [0.1, 0.15) is 0 Å². The van der Waals surface area contributed by atoms with Crippen LogP contribution in [-0.4, -0.2) is 17.6 Å². The average Bonchev–Trinajstić information content (AvgIpc) is 2.47. The highest BCUT2D eigenvalue weighted by atomic mass is 16.3. The van der Waals surface area contributed by atoms with Gasteiger partial charge in [0.15, 0.2) is 0 Å². The summed E-state index contributed by atoms with van der Waals surface area (Å²) in [6, 6.07) is 13.6. The lowest BCUT2D eigenvalue weighted by Crippen LogP contribution is -2.26. The van der Waals surface area contributed by atoms with E-state index in [1.165, 1.54) is 0 Å². The summed E-state index contributed by atoms with van der Waals surface area (Å²) < 4.78 is 0. The summed E-state index contributed by atoms with van der Waals surface area (Å²) in [5, 5.41) is 11.9. The number of amides is 1. The molecule has 21 heavy (non-hydrogen) atoms. The second-order valence-corrected chi connectivity index (χ2v) is 5.30. The van der Waals surface area contributed by atoms with Gasteiger partial charge in [-0.05, 0) is 43.0 Å². The summed E-state index contributed by atoms with van der Waals surface area (Å²) in [4.78, 5) is 12.1. The maximum atomic E-state index is 12.1. The number of aliphatic hydroxyl groups is 1. The van der Waals surface area contributed by atoms with Crippen molar-refractivity contribution < 1.29 is 9.90 Å². The van der Waals surface area contributed by atoms with Crippen molar-refractivity contribution >= 4 is 5.91 Å². The minimum Gasteiger partial charge on any atom is -0.392 e. The number of nitrogens with one attached hydrogen (secondary N) is 1. The molecule has 2 N–H and O–H groups in total. The van der Waals surface area contributed by atoms with Gasteiger partial charge in [0.05, 0.1) is 6.61 Å². The monoisotopic (exact) mass is 283 g/mol. The fraction of sp³-hybridized carbons (Fsp3) is 0.278. The molecule has 0 radical (unpaired) electrons. The Labute approximate surface area is 125 Å². The van der Waals surface area contributed by atoms with Gasteiger partial charge in [0.2, 0.25) is 0 Å². The van der Waals surface area contributed by atoms with Gasteiger partial charge in [-0.1, -0.05) is 42.0 Å². The number of hydrogen-bond donors (Lipinski definition) is 2. The fourth-order valence-corrected chi connectivity index (χ4v) is 2.30. The first-order valence-electron chi connectivity index (χ1n) is 7.14. The molecule has 0 aliphatic heterocycles. The molecule has 2 aromatic rings. The maximum Gasteiger partial charge on any atom is 0.251 e. The molecule has 110 valence electrons. The molecule has 2 rings (SSSR count). The predicted molar refractivity (Wildman–Crippen MR) is 84.3 cm³/mol. The van der Waals surface area contributed by atoms with Gasteiger partial charge in [0.25, 0.3) is 5.91 Å². The van der Waals surface area contributed by atoms with Gasteiger partial charge in [-0.2, -0.15) is 0 Å². The number of benzene rings is 2. The maximum absolute atomic E-state index is 12.1. The lowest BCUT2D eigenvalue weighted by atomic mass is 10.0. The fourth-order valence-electron chi connectivity index (χ4n) is 2.30. The Bertz CT molecular complexity index is 618. The molecular weight excluding hydrogens is 262 g/mol. The van der Waals surface area contributed by atoms with Gasteiger partial charge >= 0.3 is 0 Å². The normalized spacial score (nSPS) is 10.4. The molecule has 0 saturated heterocycles. The van der Waals surface area contributed by atoms with E-state index in [2.05, 4.69) is 5.32 Å². The van der Waals surface area contributed by atoms with E-state index in [1.807, 2.05) is 56.3 Å². The van der Waals surface area contributed by atoms with Crippen LogP contribution in [0.15, 0.2) is 42.5 Å². The van der Waals surface area contributed by atoms with Gasteiger partial charge in [-0.15, -0.1) is 0 Å². The van der Waals surface area contributed by atoms with Gasteiger partial charge in [0, 0.05) is 12.1 Å². The number of rotatable bonds is 5. The molecule has 0 saturated carbocycles. The van der Waals surface area contributed by atoms with Crippen LogP contribution in [0.4, 0.5) is 0 Å². The topological polar surface area (TPSA) is 49.3 Å². The number of aryl methyl sites for hydroxylation is 2. The van der Waals surface area contributed by atoms with Crippen molar-refractivity contribution in [3.05, 3.63) is 70.3 Å². The Morgan fingerprint density at radius 2 is 1.71 bits per heavy atom. The summed E-state index contributed by atoms with van der Waals surface area (Å²) >= 11 is 0. The summed E-state index contributed by atoms with van der Waals surface area (Å²) in [5.74, 6) is -0.0283. The number of carbonyl (C=O) groups excluding carboxylic acids is 1. The van der Waals surface area contributed by atoms with Crippen LogP contribution in [0.5, 0.6) is 0 Å². The predicted octanol–water partition coefficient (Wildman–Crippen LogP) is 2.77. The first kappa shape index (κ1) is 15.3. The zero-order valence-corrected chi connectivity index (χ0v) is 12.5. The minimum atomic E-state index is -0.0283. The first-order chi connectivity index (χ1) is 10.1. The van der Waals surface area contributed by atoms with Crippen LogP contribution in [0.2, 0.25) is 0 Å². The molecular formula is C18H21NO2. The minimum absolute atomic E-state index is 0.0283. The molecule has 0 aliphatic carbocycles. The molecule has 3 heteroatoms. The first-order valence-corrected chi connectivity index (χ1v) is 7.14. The highest BCUT2D eigenvalue weighted by molar-refractivity contribution is 5.95. The van der Waals surface area contributed by atoms with Crippen LogP contribution in [0, 0.1) is 13.8 Å². The van der Waals surface area contributed by atoms with Crippen molar-refractivity contribution in [2.24, 2.45) is 0 Å². The van der Waals surface area contributed by atoms with E-state index >= 15 is 0 Å². The molecule has 0 bridgehead atoms. The van der Waals surface area contributed by atoms with Crippen molar-refractivity contribution in [3.63, 3.8) is 0 Å². The molecule has 0 heterocycles. The van der Waals surface area contributed by atoms with E-state index in [0.29, 0.717) is 6.54 Å². The average molecular weight is 283 g/mol. The van der Waals surface area contributed by atoms with Gasteiger partial charge < -0.3 is 10.4 Å². The van der Waals surface area contributed by atoms with Crippen LogP contribution in [0.1, 0.15) is 32.6 Å². The Kier molecular flexibility index (Phi) is 5.12. The van der Waals surface area contributed by atoms with Crippen molar-refractivity contribution in [3.8, 4) is 0 Å². The van der Waals surface area contributed by atoms with Crippen molar-refractivity contribution in [1.82, 2.24) is 5.32 Å². The Hall–Kier alpha value is -2.13. The van der Waals surface area contributed by atoms with Crippen LogP contribution in [0.3, 0.4) is 0 Å².